The molecule has 0 aromatic heterocycles. The Morgan fingerprint density at radius 1 is 0.938 bits per heavy atom. The van der Waals surface area contributed by atoms with Crippen LogP contribution in [0.25, 0.3) is 0 Å². The van der Waals surface area contributed by atoms with Crippen LogP contribution in [0.4, 0.5) is 0 Å². The first-order chi connectivity index (χ1) is 7.84. The molecule has 2 unspecified atom stereocenters. The molecule has 82 valence electrons. The van der Waals surface area contributed by atoms with Crippen molar-refractivity contribution in [3.8, 4) is 0 Å². The molecule has 4 aliphatic carbocycles. The van der Waals surface area contributed by atoms with Gasteiger partial charge in [-0.1, -0.05) is 30.3 Å². The third kappa shape index (κ3) is 1.19. The summed E-state index contributed by atoms with van der Waals surface area (Å²) in [5.74, 6) is 2.90. The van der Waals surface area contributed by atoms with Crippen molar-refractivity contribution in [2.75, 3.05) is 0 Å². The first-order valence-corrected chi connectivity index (χ1v) is 6.75. The van der Waals surface area contributed by atoms with Crippen LogP contribution in [0.5, 0.6) is 0 Å². The van der Waals surface area contributed by atoms with E-state index in [1.807, 2.05) is 0 Å². The Morgan fingerprint density at radius 2 is 1.62 bits per heavy atom. The quantitative estimate of drug-likeness (QED) is 0.617. The normalized spacial score (nSPS) is 44.4. The third-order valence-electron chi connectivity index (χ3n) is 5.19. The van der Waals surface area contributed by atoms with Gasteiger partial charge in [0, 0.05) is 18.3 Å². The summed E-state index contributed by atoms with van der Waals surface area (Å²) in [5, 5.41) is 0. The van der Waals surface area contributed by atoms with E-state index < -0.39 is 0 Å². The van der Waals surface area contributed by atoms with Crippen LogP contribution < -0.4 is 0 Å². The number of rotatable bonds is 1. The lowest BCUT2D eigenvalue weighted by Gasteiger charge is -2.52. The Balaban J connectivity index is 1.77. The molecule has 0 N–H and O–H groups in total. The topological polar surface area (TPSA) is 0 Å². The highest BCUT2D eigenvalue weighted by Crippen LogP contribution is 2.60. The van der Waals surface area contributed by atoms with Crippen molar-refractivity contribution in [2.24, 2.45) is 17.8 Å². The molecule has 0 nitrogen and oxygen atoms in total. The van der Waals surface area contributed by atoms with E-state index in [1.54, 1.807) is 5.56 Å². The summed E-state index contributed by atoms with van der Waals surface area (Å²) in [4.78, 5) is 0. The molecule has 0 amide bonds. The number of hydrogen-bond donors (Lipinski definition) is 0. The van der Waals surface area contributed by atoms with Crippen molar-refractivity contribution in [1.82, 2.24) is 0 Å². The van der Waals surface area contributed by atoms with E-state index in [9.17, 15) is 0 Å². The first-order valence-electron chi connectivity index (χ1n) is 6.75. The van der Waals surface area contributed by atoms with Crippen LogP contribution in [0.15, 0.2) is 30.3 Å². The Kier molecular flexibility index (Phi) is 1.75. The Morgan fingerprint density at radius 3 is 2.25 bits per heavy atom. The van der Waals surface area contributed by atoms with E-state index in [2.05, 4.69) is 36.8 Å². The van der Waals surface area contributed by atoms with Gasteiger partial charge in [-0.2, -0.15) is 0 Å². The maximum absolute atomic E-state index is 2.68. The van der Waals surface area contributed by atoms with Crippen LogP contribution in [0.1, 0.15) is 37.7 Å². The molecule has 4 saturated carbocycles. The second-order valence-corrected chi connectivity index (χ2v) is 6.31. The Hall–Kier alpha value is -0.910. The first kappa shape index (κ1) is 9.15. The predicted molar refractivity (Wildman–Crippen MR) is 66.0 cm³/mol. The van der Waals surface area contributed by atoms with Gasteiger partial charge in [0.15, 0.2) is 0 Å². The molecule has 4 fully saturated rings. The van der Waals surface area contributed by atoms with Crippen molar-refractivity contribution >= 4 is 0 Å². The molecule has 5 rings (SSSR count). The molecule has 4 bridgehead atoms. The van der Waals surface area contributed by atoms with Gasteiger partial charge in [0.05, 0.1) is 18.3 Å². The lowest BCUT2D eigenvalue weighted by atomic mass is 9.48. The van der Waals surface area contributed by atoms with Gasteiger partial charge in [-0.05, 0) is 30.7 Å². The summed E-state index contributed by atoms with van der Waals surface area (Å²) < 4.78 is 0. The second-order valence-electron chi connectivity index (χ2n) is 6.31. The van der Waals surface area contributed by atoms with Gasteiger partial charge in [-0.25, -0.2) is 0 Å². The molecule has 0 heterocycles. The van der Waals surface area contributed by atoms with Crippen LogP contribution in [0.3, 0.4) is 0 Å². The Labute approximate surface area is 98.1 Å². The minimum absolute atomic E-state index is 0.562. The van der Waals surface area contributed by atoms with Gasteiger partial charge in [0.25, 0.3) is 0 Å². The van der Waals surface area contributed by atoms with Gasteiger partial charge in [-0.15, -0.1) is 0 Å². The van der Waals surface area contributed by atoms with Gasteiger partial charge in [-0.3, -0.25) is 0 Å². The lowest BCUT2D eigenvalue weighted by Crippen LogP contribution is -2.48. The van der Waals surface area contributed by atoms with E-state index in [0.29, 0.717) is 5.41 Å². The monoisotopic (exact) mass is 211 g/mol. The van der Waals surface area contributed by atoms with Crippen LogP contribution in [0.2, 0.25) is 0 Å². The van der Waals surface area contributed by atoms with Crippen LogP contribution >= 0.6 is 0 Å². The maximum Gasteiger partial charge on any atom is 0.0991 e. The standard InChI is InChI=1S/C16H19/c1-2-4-15(5-3-1)16-9-12-6-13(10-16)8-14(7-12)11-16/h1-6,12-14H,7-11H2/q+1. The molecule has 16 heavy (non-hydrogen) atoms. The zero-order valence-corrected chi connectivity index (χ0v) is 9.73. The summed E-state index contributed by atoms with van der Waals surface area (Å²) in [5.41, 5.74) is 2.19. The zero-order valence-electron chi connectivity index (χ0n) is 9.73. The fourth-order valence-corrected chi connectivity index (χ4v) is 4.92. The van der Waals surface area contributed by atoms with E-state index in [4.69, 9.17) is 0 Å². The highest BCUT2D eigenvalue weighted by Gasteiger charge is 2.56. The van der Waals surface area contributed by atoms with Crippen molar-refractivity contribution in [3.63, 3.8) is 0 Å². The molecule has 2 atom stereocenters. The zero-order chi connectivity index (χ0) is 10.6. The molecule has 0 aliphatic heterocycles. The summed E-state index contributed by atoms with van der Waals surface area (Å²) in [7, 11) is 0. The molecule has 0 radical (unpaired) electrons. The van der Waals surface area contributed by atoms with Crippen LogP contribution in [0, 0.1) is 24.2 Å². The van der Waals surface area contributed by atoms with Gasteiger partial charge in [0.2, 0.25) is 0 Å². The summed E-state index contributed by atoms with van der Waals surface area (Å²) in [6.45, 7) is 0. The van der Waals surface area contributed by atoms with Crippen LogP contribution in [-0.2, 0) is 5.41 Å². The molecular formula is C16H19+. The smallest absolute Gasteiger partial charge is 0.0622 e. The minimum atomic E-state index is 0.562. The third-order valence-corrected chi connectivity index (χ3v) is 5.19. The van der Waals surface area contributed by atoms with E-state index >= 15 is 0 Å². The molecule has 4 aliphatic rings. The van der Waals surface area contributed by atoms with Gasteiger partial charge in [0.1, 0.15) is 0 Å². The van der Waals surface area contributed by atoms with Gasteiger partial charge >= 0.3 is 0 Å². The largest absolute Gasteiger partial charge is 0.0991 e. The minimum Gasteiger partial charge on any atom is -0.0622 e. The van der Waals surface area contributed by atoms with E-state index in [-0.39, 0.29) is 0 Å². The highest BCUT2D eigenvalue weighted by atomic mass is 14.6. The van der Waals surface area contributed by atoms with Crippen molar-refractivity contribution in [1.29, 1.82) is 0 Å². The summed E-state index contributed by atoms with van der Waals surface area (Å²) in [6.07, 6.45) is 10.00. The number of hydrogen-bond acceptors (Lipinski definition) is 0. The number of benzene rings is 1. The fraction of sp³-hybridized carbons (Fsp3) is 0.562. The van der Waals surface area contributed by atoms with Crippen LogP contribution in [-0.4, -0.2) is 0 Å². The molecule has 1 aromatic rings. The Bertz CT molecular complexity index is 354. The average molecular weight is 211 g/mol. The maximum atomic E-state index is 2.68. The summed E-state index contributed by atoms with van der Waals surface area (Å²) >= 11 is 0. The predicted octanol–water partition coefficient (Wildman–Crippen LogP) is 3.97. The van der Waals surface area contributed by atoms with Crippen molar-refractivity contribution in [3.05, 3.63) is 42.3 Å². The second kappa shape index (κ2) is 3.06. The SMILES string of the molecule is c1ccc(C23CC4[CH+]C(CC(C4)C2)C3)cc1. The van der Waals surface area contributed by atoms with E-state index in [1.165, 1.54) is 32.1 Å². The molecule has 0 saturated heterocycles. The van der Waals surface area contributed by atoms with E-state index in [0.717, 1.165) is 17.8 Å². The fourth-order valence-electron chi connectivity index (χ4n) is 4.92. The summed E-state index contributed by atoms with van der Waals surface area (Å²) in [6, 6.07) is 11.3. The highest BCUT2D eigenvalue weighted by molar-refractivity contribution is 5.30. The average Bonchev–Trinajstić information content (AvgIpc) is 2.28. The van der Waals surface area contributed by atoms with Crippen molar-refractivity contribution < 1.29 is 0 Å². The van der Waals surface area contributed by atoms with Crippen molar-refractivity contribution in [2.45, 2.75) is 37.5 Å². The molecular weight excluding hydrogens is 192 g/mol. The lowest BCUT2D eigenvalue weighted by molar-refractivity contribution is 0.0359. The molecule has 1 aromatic carbocycles. The molecule has 0 heteroatoms. The van der Waals surface area contributed by atoms with Gasteiger partial charge < -0.3 is 0 Å². The molecule has 0 spiro atoms.